The first-order valence-electron chi connectivity index (χ1n) is 5.49. The van der Waals surface area contributed by atoms with E-state index in [9.17, 15) is 12.9 Å². The molecule has 1 spiro atoms. The van der Waals surface area contributed by atoms with Crippen LogP contribution in [-0.4, -0.2) is 24.7 Å². The van der Waals surface area contributed by atoms with Crippen LogP contribution in [0.2, 0.25) is 0 Å². The summed E-state index contributed by atoms with van der Waals surface area (Å²) in [7, 11) is -3.63. The van der Waals surface area contributed by atoms with Crippen LogP contribution in [0.25, 0.3) is 0 Å². The maximum absolute atomic E-state index is 13.7. The molecule has 15 heavy (non-hydrogen) atoms. The Morgan fingerprint density at radius 2 is 2.07 bits per heavy atom. The van der Waals surface area contributed by atoms with Crippen molar-refractivity contribution < 1.29 is 12.9 Å². The molecule has 0 radical (unpaired) electrons. The van der Waals surface area contributed by atoms with E-state index in [1.54, 1.807) is 0 Å². The van der Waals surface area contributed by atoms with Gasteiger partial charge in [0.05, 0.1) is 11.8 Å². The average Bonchev–Trinajstić information content (AvgIpc) is 2.56. The zero-order valence-corrected chi connectivity index (χ0v) is 9.85. The number of rotatable bonds is 0. The van der Waals surface area contributed by atoms with E-state index < -0.39 is 10.0 Å². The summed E-state index contributed by atoms with van der Waals surface area (Å²) < 4.78 is 37.1. The summed E-state index contributed by atoms with van der Waals surface area (Å²) in [4.78, 5) is 0. The van der Waals surface area contributed by atoms with Crippen LogP contribution in [0.15, 0.2) is 0 Å². The maximum atomic E-state index is 13.7. The summed E-state index contributed by atoms with van der Waals surface area (Å²) in [6, 6.07) is -0.378. The minimum atomic E-state index is -3.63. The van der Waals surface area contributed by atoms with Crippen molar-refractivity contribution in [2.24, 2.45) is 16.7 Å². The number of halogens is 1. The normalized spacial score (nSPS) is 50.9. The van der Waals surface area contributed by atoms with Crippen LogP contribution in [0.1, 0.15) is 33.1 Å². The van der Waals surface area contributed by atoms with E-state index in [2.05, 4.69) is 13.8 Å². The van der Waals surface area contributed by atoms with Gasteiger partial charge in [-0.25, -0.2) is 8.42 Å². The average molecular weight is 233 g/mol. The fraction of sp³-hybridized carbons (Fsp3) is 1.00. The lowest BCUT2D eigenvalue weighted by Gasteiger charge is -2.36. The maximum Gasteiger partial charge on any atom is 0.241 e. The van der Waals surface area contributed by atoms with Crippen molar-refractivity contribution in [3.8, 4) is 0 Å². The summed E-state index contributed by atoms with van der Waals surface area (Å²) in [6.45, 7) is 4.22. The van der Waals surface area contributed by atoms with Gasteiger partial charge in [0.1, 0.15) is 0 Å². The molecule has 5 heteroatoms. The third kappa shape index (κ3) is 0.884. The first-order chi connectivity index (χ1) is 6.81. The number of hydrogen-bond donors (Lipinski definition) is 0. The zero-order chi connectivity index (χ0) is 11.1. The summed E-state index contributed by atoms with van der Waals surface area (Å²) in [5, 5.41) is 0. The third-order valence-electron chi connectivity index (χ3n) is 5.34. The van der Waals surface area contributed by atoms with Gasteiger partial charge in [-0.05, 0) is 35.1 Å². The first kappa shape index (κ1) is 10.0. The molecule has 3 nitrogen and oxygen atoms in total. The van der Waals surface area contributed by atoms with Crippen molar-refractivity contribution in [1.82, 2.24) is 4.53 Å². The Labute approximate surface area is 89.6 Å². The Morgan fingerprint density at radius 3 is 2.60 bits per heavy atom. The minimum absolute atomic E-state index is 0.0185. The topological polar surface area (TPSA) is 37.4 Å². The van der Waals surface area contributed by atoms with E-state index in [1.807, 2.05) is 0 Å². The highest BCUT2D eigenvalue weighted by Crippen LogP contribution is 2.69. The van der Waals surface area contributed by atoms with Gasteiger partial charge in [-0.2, -0.15) is 0 Å². The van der Waals surface area contributed by atoms with Crippen molar-refractivity contribution in [3.63, 3.8) is 0 Å². The predicted molar refractivity (Wildman–Crippen MR) is 54.1 cm³/mol. The molecule has 3 aliphatic rings. The Hall–Kier alpha value is -0.160. The monoisotopic (exact) mass is 233 g/mol. The molecule has 2 bridgehead atoms. The molecule has 86 valence electrons. The van der Waals surface area contributed by atoms with Crippen molar-refractivity contribution in [1.29, 1.82) is 0 Å². The zero-order valence-electron chi connectivity index (χ0n) is 9.03. The summed E-state index contributed by atoms with van der Waals surface area (Å²) in [6.07, 6.45) is 2.64. The van der Waals surface area contributed by atoms with Crippen LogP contribution in [0.5, 0.6) is 0 Å². The largest absolute Gasteiger partial charge is 0.241 e. The molecule has 0 aromatic rings. The molecular weight excluding hydrogens is 217 g/mol. The number of fused-ring (bicyclic) bond motifs is 1. The minimum Gasteiger partial charge on any atom is -0.210 e. The van der Waals surface area contributed by atoms with Gasteiger partial charge < -0.3 is 0 Å². The van der Waals surface area contributed by atoms with Gasteiger partial charge >= 0.3 is 0 Å². The third-order valence-corrected chi connectivity index (χ3v) is 7.01. The Morgan fingerprint density at radius 1 is 1.40 bits per heavy atom. The summed E-state index contributed by atoms with van der Waals surface area (Å²) in [5.41, 5.74) is -0.336. The number of hydrogen-bond acceptors (Lipinski definition) is 2. The van der Waals surface area contributed by atoms with E-state index in [-0.39, 0.29) is 27.2 Å². The summed E-state index contributed by atoms with van der Waals surface area (Å²) in [5.74, 6) is 0.515. The Balaban J connectivity index is 2.16. The quantitative estimate of drug-likeness (QED) is 0.597. The van der Waals surface area contributed by atoms with Gasteiger partial charge in [0, 0.05) is 5.41 Å². The fourth-order valence-corrected chi connectivity index (χ4v) is 6.40. The second kappa shape index (κ2) is 2.40. The fourth-order valence-electron chi connectivity index (χ4n) is 4.24. The van der Waals surface area contributed by atoms with Crippen LogP contribution in [-0.2, 0) is 10.0 Å². The molecule has 3 rings (SSSR count). The molecule has 0 aromatic carbocycles. The van der Waals surface area contributed by atoms with Crippen LogP contribution in [0, 0.1) is 16.7 Å². The highest BCUT2D eigenvalue weighted by molar-refractivity contribution is 7.89. The lowest BCUT2D eigenvalue weighted by atomic mass is 9.69. The highest BCUT2D eigenvalue weighted by Gasteiger charge is 2.72. The van der Waals surface area contributed by atoms with Gasteiger partial charge in [0.15, 0.2) is 0 Å². The summed E-state index contributed by atoms with van der Waals surface area (Å²) >= 11 is 0. The van der Waals surface area contributed by atoms with E-state index in [0.29, 0.717) is 12.3 Å². The van der Waals surface area contributed by atoms with Crippen LogP contribution in [0.4, 0.5) is 4.48 Å². The van der Waals surface area contributed by atoms with Gasteiger partial charge in [0.25, 0.3) is 0 Å². The molecule has 3 atom stereocenters. The van der Waals surface area contributed by atoms with E-state index in [4.69, 9.17) is 0 Å². The molecule has 0 aromatic heterocycles. The molecule has 1 saturated heterocycles. The standard InChI is InChI=1S/C10H16FNO2S/c1-9(2)7-3-4-10(9)6-15(13,14)12(11)8(10)5-7/h7-8H,3-6H2,1-2H3. The Kier molecular flexibility index (Phi) is 1.60. The molecule has 2 saturated carbocycles. The van der Waals surface area contributed by atoms with Gasteiger partial charge in [-0.3, -0.25) is 0 Å². The number of nitrogens with zero attached hydrogens (tertiary/aromatic N) is 1. The van der Waals surface area contributed by atoms with Crippen LogP contribution in [0.3, 0.4) is 0 Å². The van der Waals surface area contributed by atoms with Crippen molar-refractivity contribution in [3.05, 3.63) is 0 Å². The van der Waals surface area contributed by atoms with Crippen molar-refractivity contribution in [2.45, 2.75) is 39.2 Å². The predicted octanol–water partition coefficient (Wildman–Crippen LogP) is 1.71. The van der Waals surface area contributed by atoms with Gasteiger partial charge in [-0.15, -0.1) is 4.48 Å². The van der Waals surface area contributed by atoms with Crippen molar-refractivity contribution >= 4 is 10.0 Å². The van der Waals surface area contributed by atoms with Gasteiger partial charge in [0.2, 0.25) is 10.0 Å². The molecule has 1 heterocycles. The van der Waals surface area contributed by atoms with Crippen LogP contribution >= 0.6 is 0 Å². The molecule has 2 aliphatic carbocycles. The molecule has 1 aliphatic heterocycles. The number of sulfonamides is 1. The van der Waals surface area contributed by atoms with E-state index in [1.165, 1.54) is 0 Å². The molecule has 3 fully saturated rings. The first-order valence-corrected chi connectivity index (χ1v) is 7.10. The SMILES string of the molecule is CC1(C)C2CCC13CS(=O)(=O)N(F)C3C2. The smallest absolute Gasteiger partial charge is 0.210 e. The lowest BCUT2D eigenvalue weighted by molar-refractivity contribution is 0.0239. The second-order valence-corrected chi connectivity index (χ2v) is 7.66. The molecule has 3 unspecified atom stereocenters. The van der Waals surface area contributed by atoms with Crippen LogP contribution < -0.4 is 0 Å². The Bertz CT molecular complexity index is 419. The van der Waals surface area contributed by atoms with E-state index in [0.717, 1.165) is 12.8 Å². The molecule has 0 N–H and O–H groups in total. The molecule has 0 amide bonds. The lowest BCUT2D eigenvalue weighted by Crippen LogP contribution is -2.39. The second-order valence-electron chi connectivity index (χ2n) is 5.86. The molecular formula is C10H16FNO2S. The van der Waals surface area contributed by atoms with Gasteiger partial charge in [-0.1, -0.05) is 13.8 Å². The highest BCUT2D eigenvalue weighted by atomic mass is 32.2. The van der Waals surface area contributed by atoms with Crippen molar-refractivity contribution in [2.75, 3.05) is 5.75 Å². The van der Waals surface area contributed by atoms with E-state index >= 15 is 0 Å².